The first-order chi connectivity index (χ1) is 23.8. The Morgan fingerprint density at radius 3 is 1.57 bits per heavy atom. The minimum absolute atomic E-state index is 0.283. The van der Waals surface area contributed by atoms with Gasteiger partial charge in [0.25, 0.3) is 10.0 Å². The van der Waals surface area contributed by atoms with E-state index in [1.807, 2.05) is 93.6 Å². The predicted octanol–water partition coefficient (Wildman–Crippen LogP) is 11.0. The summed E-state index contributed by atoms with van der Waals surface area (Å²) in [6, 6.07) is 53.2. The van der Waals surface area contributed by atoms with Crippen LogP contribution in [0.5, 0.6) is 0 Å². The Hall–Kier alpha value is -5.04. The van der Waals surface area contributed by atoms with Crippen LogP contribution in [0.2, 0.25) is 0 Å². The number of benzene rings is 6. The molecule has 0 radical (unpaired) electrons. The highest BCUT2D eigenvalue weighted by molar-refractivity contribution is 8.01. The molecule has 1 N–H and O–H groups in total. The van der Waals surface area contributed by atoms with E-state index in [0.29, 0.717) is 33.5 Å². The molecule has 0 saturated heterocycles. The van der Waals surface area contributed by atoms with Crippen LogP contribution in [0.3, 0.4) is 0 Å². The Bertz CT molecular complexity index is 2200. The Balaban J connectivity index is 1.50. The van der Waals surface area contributed by atoms with Crippen molar-refractivity contribution in [1.82, 2.24) is 0 Å². The van der Waals surface area contributed by atoms with E-state index in [0.717, 1.165) is 27.8 Å². The van der Waals surface area contributed by atoms with Gasteiger partial charge < -0.3 is 4.42 Å². The molecule has 1 aromatic heterocycles. The number of rotatable bonds is 10. The van der Waals surface area contributed by atoms with Crippen LogP contribution in [-0.4, -0.2) is 8.42 Å². The number of thioether (sulfide) groups is 1. The summed E-state index contributed by atoms with van der Waals surface area (Å²) in [4.78, 5) is 0.283. The van der Waals surface area contributed by atoms with E-state index >= 15 is 0 Å². The molecule has 1 heterocycles. The summed E-state index contributed by atoms with van der Waals surface area (Å²) in [5.41, 5.74) is 7.75. The molecule has 0 bridgehead atoms. The molecule has 1 atom stereocenters. The molecule has 244 valence electrons. The summed E-state index contributed by atoms with van der Waals surface area (Å²) in [7, 11) is -4.01. The molecule has 0 aliphatic rings. The molecule has 0 spiro atoms. The number of fused-ring (bicyclic) bond motifs is 1. The minimum atomic E-state index is -4.01. The lowest BCUT2D eigenvalue weighted by Crippen LogP contribution is -2.27. The van der Waals surface area contributed by atoms with Crippen molar-refractivity contribution < 1.29 is 12.8 Å². The molecule has 0 saturated carbocycles. The Morgan fingerprint density at radius 1 is 0.612 bits per heavy atom. The van der Waals surface area contributed by atoms with Crippen molar-refractivity contribution in [2.45, 2.75) is 35.7 Å². The SMILES string of the molecule is Cc1cc(C)c(S(=O)(=O)Nc2c([C@H](SC(c3ccccc3)(c3ccccc3)c3ccccc3)c3ccccc3)oc3ccccc23)c(C)c1. The highest BCUT2D eigenvalue weighted by Gasteiger charge is 2.42. The third-order valence-electron chi connectivity index (χ3n) is 8.91. The topological polar surface area (TPSA) is 59.3 Å². The molecule has 49 heavy (non-hydrogen) atoms. The van der Waals surface area contributed by atoms with Crippen molar-refractivity contribution in [3.63, 3.8) is 0 Å². The standard InChI is InChI=1S/C43H37NO3S2/c1-30-28-31(2)42(32(3)29-30)49(45,46)44-39-37-26-16-17-27-38(37)47-40(39)41(33-18-8-4-9-19-33)48-43(34-20-10-5-11-21-34,35-22-12-6-13-23-35)36-24-14-7-15-25-36/h4-29,41,44H,1-3H3/t41-/m1/s1. The van der Waals surface area contributed by atoms with E-state index in [-0.39, 0.29) is 4.90 Å². The summed E-state index contributed by atoms with van der Waals surface area (Å²) in [5.74, 6) is 0.538. The molecular weight excluding hydrogens is 643 g/mol. The summed E-state index contributed by atoms with van der Waals surface area (Å²) < 4.78 is 37.9. The molecular formula is C43H37NO3S2. The van der Waals surface area contributed by atoms with E-state index in [4.69, 9.17) is 4.42 Å². The van der Waals surface area contributed by atoms with Crippen LogP contribution in [0, 0.1) is 20.8 Å². The lowest BCUT2D eigenvalue weighted by atomic mass is 9.84. The fraction of sp³-hybridized carbons (Fsp3) is 0.116. The van der Waals surface area contributed by atoms with Crippen molar-refractivity contribution in [3.8, 4) is 0 Å². The fourth-order valence-electron chi connectivity index (χ4n) is 6.93. The van der Waals surface area contributed by atoms with E-state index in [1.54, 1.807) is 11.8 Å². The van der Waals surface area contributed by atoms with Crippen LogP contribution in [0.4, 0.5) is 5.69 Å². The van der Waals surface area contributed by atoms with Crippen LogP contribution in [0.25, 0.3) is 11.0 Å². The van der Waals surface area contributed by atoms with Gasteiger partial charge in [-0.1, -0.05) is 151 Å². The molecule has 6 heteroatoms. The zero-order valence-electron chi connectivity index (χ0n) is 27.6. The largest absolute Gasteiger partial charge is 0.457 e. The molecule has 4 nitrogen and oxygen atoms in total. The third-order valence-corrected chi connectivity index (χ3v) is 12.3. The molecule has 7 rings (SSSR count). The number of aryl methyl sites for hydroxylation is 3. The Labute approximate surface area is 292 Å². The van der Waals surface area contributed by atoms with Gasteiger partial charge >= 0.3 is 0 Å². The van der Waals surface area contributed by atoms with Gasteiger partial charge in [0, 0.05) is 5.39 Å². The molecule has 0 amide bonds. The van der Waals surface area contributed by atoms with E-state index in [9.17, 15) is 8.42 Å². The van der Waals surface area contributed by atoms with Crippen molar-refractivity contribution in [3.05, 3.63) is 202 Å². The second kappa shape index (κ2) is 13.5. The van der Waals surface area contributed by atoms with E-state index < -0.39 is 20.0 Å². The number of furan rings is 1. The van der Waals surface area contributed by atoms with Gasteiger partial charge in [-0.05, 0) is 66.3 Å². The summed E-state index contributed by atoms with van der Waals surface area (Å²) in [6.45, 7) is 5.67. The first kappa shape index (κ1) is 32.5. The van der Waals surface area contributed by atoms with Crippen molar-refractivity contribution >= 4 is 38.4 Å². The number of hydrogen-bond donors (Lipinski definition) is 1. The molecule has 0 unspecified atom stereocenters. The van der Waals surface area contributed by atoms with Gasteiger partial charge in [-0.25, -0.2) is 8.42 Å². The van der Waals surface area contributed by atoms with Crippen LogP contribution in [0.1, 0.15) is 50.0 Å². The van der Waals surface area contributed by atoms with Gasteiger partial charge in [0.15, 0.2) is 0 Å². The first-order valence-corrected chi connectivity index (χ1v) is 18.7. The number of nitrogens with one attached hydrogen (secondary N) is 1. The zero-order valence-corrected chi connectivity index (χ0v) is 29.3. The summed E-state index contributed by atoms with van der Waals surface area (Å²) >= 11 is 1.73. The summed E-state index contributed by atoms with van der Waals surface area (Å²) in [5, 5.41) is 0.266. The van der Waals surface area contributed by atoms with Crippen molar-refractivity contribution in [2.24, 2.45) is 0 Å². The quantitative estimate of drug-likeness (QED) is 0.146. The van der Waals surface area contributed by atoms with Gasteiger partial charge in [-0.15, -0.1) is 11.8 Å². The maximum Gasteiger partial charge on any atom is 0.262 e. The fourth-order valence-corrected chi connectivity index (χ4v) is 10.2. The molecule has 0 aliphatic carbocycles. The molecule has 0 aliphatic heterocycles. The average Bonchev–Trinajstić information content (AvgIpc) is 3.47. The van der Waals surface area contributed by atoms with Gasteiger partial charge in [0.2, 0.25) is 0 Å². The monoisotopic (exact) mass is 679 g/mol. The predicted molar refractivity (Wildman–Crippen MR) is 203 cm³/mol. The highest BCUT2D eigenvalue weighted by Crippen LogP contribution is 2.57. The van der Waals surface area contributed by atoms with Crippen LogP contribution in [-0.2, 0) is 14.8 Å². The maximum absolute atomic E-state index is 14.4. The molecule has 7 aromatic rings. The van der Waals surface area contributed by atoms with E-state index in [1.165, 1.54) is 0 Å². The van der Waals surface area contributed by atoms with Gasteiger partial charge in [-0.3, -0.25) is 4.72 Å². The first-order valence-electron chi connectivity index (χ1n) is 16.3. The van der Waals surface area contributed by atoms with Crippen molar-refractivity contribution in [2.75, 3.05) is 4.72 Å². The third kappa shape index (κ3) is 6.18. The van der Waals surface area contributed by atoms with Gasteiger partial charge in [-0.2, -0.15) is 0 Å². The lowest BCUT2D eigenvalue weighted by Gasteiger charge is -2.38. The average molecular weight is 680 g/mol. The number of sulfonamides is 1. The normalized spacial score (nSPS) is 12.6. The van der Waals surface area contributed by atoms with Gasteiger partial charge in [0.05, 0.1) is 20.6 Å². The van der Waals surface area contributed by atoms with E-state index in [2.05, 4.69) is 89.7 Å². The van der Waals surface area contributed by atoms with Crippen molar-refractivity contribution in [1.29, 1.82) is 0 Å². The second-order valence-electron chi connectivity index (χ2n) is 12.4. The second-order valence-corrected chi connectivity index (χ2v) is 15.3. The Morgan fingerprint density at radius 2 is 1.06 bits per heavy atom. The van der Waals surface area contributed by atoms with Crippen LogP contribution in [0.15, 0.2) is 167 Å². The summed E-state index contributed by atoms with van der Waals surface area (Å²) in [6.07, 6.45) is 0. The highest BCUT2D eigenvalue weighted by atomic mass is 32.2. The molecule has 6 aromatic carbocycles. The number of anilines is 1. The maximum atomic E-state index is 14.4. The molecule has 0 fully saturated rings. The Kier molecular flexibility index (Phi) is 8.93. The minimum Gasteiger partial charge on any atom is -0.457 e. The van der Waals surface area contributed by atoms with Gasteiger partial charge in [0.1, 0.15) is 11.3 Å². The zero-order chi connectivity index (χ0) is 34.0. The number of hydrogen-bond acceptors (Lipinski definition) is 4. The van der Waals surface area contributed by atoms with Crippen LogP contribution >= 0.6 is 11.8 Å². The lowest BCUT2D eigenvalue weighted by molar-refractivity contribution is 0.559. The number of para-hydroxylation sites is 1. The smallest absolute Gasteiger partial charge is 0.262 e. The van der Waals surface area contributed by atoms with Crippen LogP contribution < -0.4 is 4.72 Å².